The van der Waals surface area contributed by atoms with Gasteiger partial charge in [0, 0.05) is 7.05 Å². The molecule has 11 heteroatoms. The zero-order chi connectivity index (χ0) is 25.0. The van der Waals surface area contributed by atoms with Crippen LogP contribution in [-0.4, -0.2) is 42.3 Å². The number of amides is 1. The molecule has 34 heavy (non-hydrogen) atoms. The van der Waals surface area contributed by atoms with Crippen LogP contribution in [0, 0.1) is 13.8 Å². The Morgan fingerprint density at radius 1 is 1.03 bits per heavy atom. The molecule has 1 heterocycles. The van der Waals surface area contributed by atoms with E-state index in [9.17, 15) is 22.8 Å². The molecule has 0 saturated heterocycles. The fourth-order valence-electron chi connectivity index (χ4n) is 3.18. The molecule has 2 N–H and O–H groups in total. The second-order valence-electron chi connectivity index (χ2n) is 7.70. The van der Waals surface area contributed by atoms with Crippen LogP contribution < -0.4 is 15.6 Å². The Hall–Kier alpha value is -3.70. The van der Waals surface area contributed by atoms with Gasteiger partial charge in [-0.3, -0.25) is 19.1 Å². The summed E-state index contributed by atoms with van der Waals surface area (Å²) in [5, 5.41) is 2.51. The molecular formula is C23H26N4O6S. The molecule has 0 unspecified atom stereocenters. The minimum absolute atomic E-state index is 0.00550. The highest BCUT2D eigenvalue weighted by atomic mass is 32.2. The average Bonchev–Trinajstić information content (AvgIpc) is 3.01. The molecule has 0 bridgehead atoms. The largest absolute Gasteiger partial charge is 0.452 e. The van der Waals surface area contributed by atoms with E-state index in [1.807, 2.05) is 13.0 Å². The summed E-state index contributed by atoms with van der Waals surface area (Å²) in [6.45, 7) is 4.17. The highest BCUT2D eigenvalue weighted by molar-refractivity contribution is 7.89. The highest BCUT2D eigenvalue weighted by Gasteiger charge is 2.24. The number of hydrogen-bond acceptors (Lipinski definition) is 6. The Bertz CT molecular complexity index is 1360. The fraction of sp³-hybridized carbons (Fsp3) is 0.261. The first kappa shape index (κ1) is 24.9. The first-order chi connectivity index (χ1) is 16.0. The topological polar surface area (TPSA) is 128 Å². The first-order valence-corrected chi connectivity index (χ1v) is 11.9. The van der Waals surface area contributed by atoms with E-state index in [-0.39, 0.29) is 10.6 Å². The van der Waals surface area contributed by atoms with Gasteiger partial charge in [0.1, 0.15) is 12.2 Å². The van der Waals surface area contributed by atoms with Gasteiger partial charge >= 0.3 is 5.97 Å². The van der Waals surface area contributed by atoms with E-state index in [4.69, 9.17) is 4.74 Å². The molecule has 10 nitrogen and oxygen atoms in total. The number of rotatable bonds is 8. The Morgan fingerprint density at radius 2 is 1.65 bits per heavy atom. The molecule has 2 aromatic carbocycles. The lowest BCUT2D eigenvalue weighted by molar-refractivity contribution is -0.151. The summed E-state index contributed by atoms with van der Waals surface area (Å²) in [7, 11) is -2.23. The average molecular weight is 487 g/mol. The molecule has 0 aliphatic rings. The van der Waals surface area contributed by atoms with Gasteiger partial charge in [0.25, 0.3) is 11.5 Å². The number of nitrogens with zero attached hydrogens (tertiary/aromatic N) is 2. The van der Waals surface area contributed by atoms with Crippen molar-refractivity contribution in [1.82, 2.24) is 14.1 Å². The van der Waals surface area contributed by atoms with Crippen molar-refractivity contribution in [2.24, 2.45) is 7.05 Å². The van der Waals surface area contributed by atoms with Crippen molar-refractivity contribution < 1.29 is 22.7 Å². The standard InChI is InChI=1S/C23H26N4O6S/c1-15-10-12-19(13-11-15)34(31,32)24-14-20(28)33-17(3)22(29)25-21-16(2)26(4)27(23(21)30)18-8-6-5-7-9-18/h5-13,17,24H,14H2,1-4H3,(H,25,29)/t17-/m0/s1. The van der Waals surface area contributed by atoms with E-state index in [0.717, 1.165) is 5.56 Å². The van der Waals surface area contributed by atoms with E-state index in [1.165, 1.54) is 23.7 Å². The molecule has 1 amide bonds. The number of nitrogens with one attached hydrogen (secondary N) is 2. The summed E-state index contributed by atoms with van der Waals surface area (Å²) in [5.74, 6) is -1.66. The summed E-state index contributed by atoms with van der Waals surface area (Å²) >= 11 is 0. The van der Waals surface area contributed by atoms with Crippen LogP contribution in [-0.2, 0) is 31.4 Å². The molecule has 0 aliphatic carbocycles. The molecular weight excluding hydrogens is 460 g/mol. The summed E-state index contributed by atoms with van der Waals surface area (Å²) in [6.07, 6.45) is -1.26. The van der Waals surface area contributed by atoms with E-state index in [0.29, 0.717) is 11.4 Å². The van der Waals surface area contributed by atoms with Gasteiger partial charge in [-0.25, -0.2) is 13.1 Å². The molecule has 0 fully saturated rings. The zero-order valence-electron chi connectivity index (χ0n) is 19.2. The third-order valence-corrected chi connectivity index (χ3v) is 6.63. The number of aromatic nitrogens is 2. The predicted molar refractivity (Wildman–Crippen MR) is 126 cm³/mol. The third kappa shape index (κ3) is 5.43. The second kappa shape index (κ2) is 10.1. The number of carbonyl (C=O) groups excluding carboxylic acids is 2. The van der Waals surface area contributed by atoms with Crippen LogP contribution in [0.5, 0.6) is 0 Å². The SMILES string of the molecule is Cc1ccc(S(=O)(=O)NCC(=O)O[C@@H](C)C(=O)Nc2c(C)n(C)n(-c3ccccc3)c2=O)cc1. The number of aryl methyl sites for hydroxylation is 1. The van der Waals surface area contributed by atoms with Gasteiger partial charge in [-0.15, -0.1) is 0 Å². The number of carbonyl (C=O) groups is 2. The number of sulfonamides is 1. The molecule has 0 saturated carbocycles. The summed E-state index contributed by atoms with van der Waals surface area (Å²) in [4.78, 5) is 37.6. The molecule has 0 spiro atoms. The number of ether oxygens (including phenoxy) is 1. The van der Waals surface area contributed by atoms with Crippen molar-refractivity contribution in [3.8, 4) is 5.69 Å². The van der Waals surface area contributed by atoms with Crippen LogP contribution >= 0.6 is 0 Å². The molecule has 1 atom stereocenters. The number of para-hydroxylation sites is 1. The van der Waals surface area contributed by atoms with E-state index in [1.54, 1.807) is 55.1 Å². The van der Waals surface area contributed by atoms with Gasteiger partial charge in [0.2, 0.25) is 10.0 Å². The Balaban J connectivity index is 1.64. The van der Waals surface area contributed by atoms with Crippen LogP contribution in [0.25, 0.3) is 5.69 Å². The lowest BCUT2D eigenvalue weighted by atomic mass is 10.2. The number of hydrogen-bond donors (Lipinski definition) is 2. The van der Waals surface area contributed by atoms with Gasteiger partial charge in [-0.1, -0.05) is 35.9 Å². The summed E-state index contributed by atoms with van der Waals surface area (Å²) < 4.78 is 34.8. The second-order valence-corrected chi connectivity index (χ2v) is 9.46. The van der Waals surface area contributed by atoms with Crippen molar-refractivity contribution in [2.45, 2.75) is 31.8 Å². The molecule has 0 radical (unpaired) electrons. The van der Waals surface area contributed by atoms with Crippen molar-refractivity contribution in [1.29, 1.82) is 0 Å². The first-order valence-electron chi connectivity index (χ1n) is 10.4. The normalized spacial score (nSPS) is 12.2. The van der Waals surface area contributed by atoms with E-state index in [2.05, 4.69) is 10.0 Å². The number of anilines is 1. The van der Waals surface area contributed by atoms with Crippen molar-refractivity contribution >= 4 is 27.6 Å². The van der Waals surface area contributed by atoms with Gasteiger partial charge in [0.15, 0.2) is 6.10 Å². The van der Waals surface area contributed by atoms with Crippen LogP contribution in [0.2, 0.25) is 0 Å². The smallest absolute Gasteiger partial charge is 0.321 e. The minimum atomic E-state index is -3.91. The van der Waals surface area contributed by atoms with Gasteiger partial charge in [-0.05, 0) is 45.0 Å². The molecule has 3 aromatic rings. The van der Waals surface area contributed by atoms with Crippen LogP contribution in [0.15, 0.2) is 64.3 Å². The Kier molecular flexibility index (Phi) is 7.38. The maximum atomic E-state index is 12.9. The molecule has 3 rings (SSSR count). The third-order valence-electron chi connectivity index (χ3n) is 5.22. The van der Waals surface area contributed by atoms with Crippen LogP contribution in [0.4, 0.5) is 5.69 Å². The van der Waals surface area contributed by atoms with Gasteiger partial charge in [-0.2, -0.15) is 4.72 Å². The number of benzene rings is 2. The van der Waals surface area contributed by atoms with Gasteiger partial charge in [0.05, 0.1) is 16.3 Å². The van der Waals surface area contributed by atoms with E-state index < -0.39 is 40.1 Å². The zero-order valence-corrected chi connectivity index (χ0v) is 20.0. The fourth-order valence-corrected chi connectivity index (χ4v) is 4.15. The van der Waals surface area contributed by atoms with Crippen molar-refractivity contribution in [2.75, 3.05) is 11.9 Å². The maximum Gasteiger partial charge on any atom is 0.321 e. The van der Waals surface area contributed by atoms with Gasteiger partial charge < -0.3 is 10.1 Å². The summed E-state index contributed by atoms with van der Waals surface area (Å²) in [6, 6.07) is 15.0. The molecule has 0 aliphatic heterocycles. The molecule has 180 valence electrons. The van der Waals surface area contributed by atoms with E-state index >= 15 is 0 Å². The minimum Gasteiger partial charge on any atom is -0.452 e. The predicted octanol–water partition coefficient (Wildman–Crippen LogP) is 1.64. The maximum absolute atomic E-state index is 12.9. The Morgan fingerprint density at radius 3 is 2.26 bits per heavy atom. The Labute approximate surface area is 197 Å². The van der Waals surface area contributed by atoms with Crippen molar-refractivity contribution in [3.63, 3.8) is 0 Å². The quantitative estimate of drug-likeness (QED) is 0.466. The van der Waals surface area contributed by atoms with Crippen LogP contribution in [0.3, 0.4) is 0 Å². The summed E-state index contributed by atoms with van der Waals surface area (Å²) in [5.41, 5.74) is 1.64. The number of esters is 1. The lowest BCUT2D eigenvalue weighted by Crippen LogP contribution is -2.36. The van der Waals surface area contributed by atoms with Crippen molar-refractivity contribution in [3.05, 3.63) is 76.2 Å². The lowest BCUT2D eigenvalue weighted by Gasteiger charge is -2.13. The highest BCUT2D eigenvalue weighted by Crippen LogP contribution is 2.15. The monoisotopic (exact) mass is 486 g/mol. The van der Waals surface area contributed by atoms with Crippen LogP contribution in [0.1, 0.15) is 18.2 Å². The molecule has 1 aromatic heterocycles.